The molecular formula is C51H53F3N8O7S. The lowest BCUT2D eigenvalue weighted by Crippen LogP contribution is -2.58. The zero-order chi connectivity index (χ0) is 50.4. The average Bonchev–Trinajstić information content (AvgIpc) is 4.09. The lowest BCUT2D eigenvalue weighted by atomic mass is 9.85. The fourth-order valence-electron chi connectivity index (χ4n) is 8.32. The Hall–Kier alpha value is -7.17. The molecule has 5 aromatic rings. The third kappa shape index (κ3) is 11.5. The van der Waals surface area contributed by atoms with Gasteiger partial charge in [-0.1, -0.05) is 69.3 Å². The second-order valence-corrected chi connectivity index (χ2v) is 18.9. The predicted molar refractivity (Wildman–Crippen MR) is 258 cm³/mol. The lowest BCUT2D eigenvalue weighted by molar-refractivity contribution is -0.144. The SMILES string of the molecule is CC(C)(C)[C@H](NC(=O)COCCCCOc1ccc(-c2ccc(N3C(=S)N(c4cnc(C#N)c(C(F)(F)F)c4)C(=O)C3(C)C)cc2)cc1)C(=O)N1CCC[C@H]1C(=O)NCc1ccc(-c2cnco2)cc1. The molecule has 2 saturated heterocycles. The minimum absolute atomic E-state index is 0.0320. The summed E-state index contributed by atoms with van der Waals surface area (Å²) in [6.07, 6.45) is 1.63. The number of rotatable bonds is 17. The number of nitrogens with zero attached hydrogens (tertiary/aromatic N) is 6. The van der Waals surface area contributed by atoms with Gasteiger partial charge in [-0.25, -0.2) is 9.97 Å². The van der Waals surface area contributed by atoms with Crippen molar-refractivity contribution in [3.05, 3.63) is 114 Å². The number of ether oxygens (including phenoxy) is 2. The number of nitriles is 1. The number of thiocarbonyl (C=S) groups is 1. The Morgan fingerprint density at radius 2 is 1.60 bits per heavy atom. The zero-order valence-corrected chi connectivity index (χ0v) is 40.2. The Kier molecular flexibility index (Phi) is 15.4. The summed E-state index contributed by atoms with van der Waals surface area (Å²) in [5.74, 6) is -0.242. The van der Waals surface area contributed by atoms with Crippen LogP contribution in [-0.4, -0.2) is 87.6 Å². The molecule has 366 valence electrons. The number of amides is 4. The van der Waals surface area contributed by atoms with Crippen molar-refractivity contribution in [3.8, 4) is 34.3 Å². The molecule has 0 bridgehead atoms. The first-order valence-corrected chi connectivity index (χ1v) is 23.1. The molecule has 3 aromatic carbocycles. The van der Waals surface area contributed by atoms with Crippen LogP contribution in [0.15, 0.2) is 102 Å². The molecule has 4 amide bonds. The molecule has 0 aliphatic carbocycles. The topological polar surface area (TPSA) is 183 Å². The van der Waals surface area contributed by atoms with Crippen LogP contribution in [0.4, 0.5) is 24.5 Å². The van der Waals surface area contributed by atoms with Crippen LogP contribution in [0.2, 0.25) is 0 Å². The molecule has 2 aromatic heterocycles. The van der Waals surface area contributed by atoms with Gasteiger partial charge in [0.2, 0.25) is 17.7 Å². The summed E-state index contributed by atoms with van der Waals surface area (Å²) in [7, 11) is 0. The van der Waals surface area contributed by atoms with Gasteiger partial charge >= 0.3 is 6.18 Å². The Morgan fingerprint density at radius 1 is 0.943 bits per heavy atom. The van der Waals surface area contributed by atoms with E-state index in [1.54, 1.807) is 42.0 Å². The van der Waals surface area contributed by atoms with Crippen molar-refractivity contribution < 1.29 is 46.2 Å². The molecule has 7 rings (SSSR count). The number of carbonyl (C=O) groups is 4. The summed E-state index contributed by atoms with van der Waals surface area (Å²) >= 11 is 5.64. The monoisotopic (exact) mass is 978 g/mol. The number of alkyl halides is 3. The summed E-state index contributed by atoms with van der Waals surface area (Å²) in [5.41, 5.74) is -0.0920. The number of hydrogen-bond acceptors (Lipinski definition) is 11. The van der Waals surface area contributed by atoms with Crippen LogP contribution in [0.3, 0.4) is 0 Å². The van der Waals surface area contributed by atoms with Crippen LogP contribution < -0.4 is 25.2 Å². The van der Waals surface area contributed by atoms with Crippen molar-refractivity contribution in [2.24, 2.45) is 5.41 Å². The minimum Gasteiger partial charge on any atom is -0.494 e. The van der Waals surface area contributed by atoms with Crippen molar-refractivity contribution >= 4 is 52.3 Å². The van der Waals surface area contributed by atoms with Gasteiger partial charge in [-0.15, -0.1) is 0 Å². The van der Waals surface area contributed by atoms with E-state index in [2.05, 4.69) is 20.6 Å². The number of benzene rings is 3. The van der Waals surface area contributed by atoms with Gasteiger partial charge in [0.25, 0.3) is 5.91 Å². The van der Waals surface area contributed by atoms with E-state index in [1.807, 2.05) is 81.4 Å². The van der Waals surface area contributed by atoms with Crippen LogP contribution in [-0.2, 0) is 36.6 Å². The number of aromatic nitrogens is 2. The number of pyridine rings is 1. The molecule has 2 atom stereocenters. The average molecular weight is 979 g/mol. The van der Waals surface area contributed by atoms with Crippen LogP contribution >= 0.6 is 12.2 Å². The van der Waals surface area contributed by atoms with Crippen LogP contribution in [0.1, 0.15) is 77.1 Å². The number of carbonyl (C=O) groups excluding carboxylic acids is 4. The second kappa shape index (κ2) is 21.2. The Bertz CT molecular complexity index is 2740. The van der Waals surface area contributed by atoms with Crippen LogP contribution in [0.5, 0.6) is 5.75 Å². The van der Waals surface area contributed by atoms with E-state index in [4.69, 9.17) is 31.4 Å². The summed E-state index contributed by atoms with van der Waals surface area (Å²) < 4.78 is 58.1. The number of likely N-dealkylation sites (tertiary alicyclic amines) is 1. The highest BCUT2D eigenvalue weighted by molar-refractivity contribution is 7.81. The molecule has 0 saturated carbocycles. The molecule has 2 aliphatic rings. The molecule has 2 aliphatic heterocycles. The molecule has 15 nitrogen and oxygen atoms in total. The van der Waals surface area contributed by atoms with Gasteiger partial charge in [-0.3, -0.25) is 24.1 Å². The van der Waals surface area contributed by atoms with Gasteiger partial charge in [0, 0.05) is 30.9 Å². The highest BCUT2D eigenvalue weighted by Crippen LogP contribution is 2.40. The van der Waals surface area contributed by atoms with Crippen molar-refractivity contribution in [2.75, 3.05) is 36.2 Å². The lowest BCUT2D eigenvalue weighted by Gasteiger charge is -2.35. The zero-order valence-electron chi connectivity index (χ0n) is 39.3. The number of unbranched alkanes of at least 4 members (excludes halogenated alkanes) is 1. The quantitative estimate of drug-likeness (QED) is 0.0674. The number of hydrogen-bond donors (Lipinski definition) is 2. The van der Waals surface area contributed by atoms with E-state index in [9.17, 15) is 32.3 Å². The third-order valence-corrected chi connectivity index (χ3v) is 12.5. The smallest absolute Gasteiger partial charge is 0.419 e. The third-order valence-electron chi connectivity index (χ3n) is 12.1. The Balaban J connectivity index is 0.833. The number of nitrogens with one attached hydrogen (secondary N) is 2. The Morgan fingerprint density at radius 3 is 2.23 bits per heavy atom. The molecule has 2 N–H and O–H groups in total. The van der Waals surface area contributed by atoms with Crippen LogP contribution in [0.25, 0.3) is 22.5 Å². The standard InChI is InChI=1S/C51H53F3N8O7S/c1-49(2,3)44(46(65)60-22-8-9-41(60)45(64)58-27-32-10-12-35(13-11-32)42-29-56-31-69-42)59-43(63)30-67-23-6-7-24-68-38-20-16-34(17-21-38)33-14-18-36(19-15-33)62-48(70)61(47(66)50(62,4)5)37-25-39(51(52,53)54)40(26-55)57-28-37/h10-21,25,28-29,31,41,44H,6-9,22-24,27,30H2,1-5H3,(H,58,64)(H,59,63)/t41-,44+/m0/s1. The van der Waals surface area contributed by atoms with Gasteiger partial charge in [-0.05, 0) is 104 Å². The summed E-state index contributed by atoms with van der Waals surface area (Å²) in [6.45, 7) is 10.0. The molecule has 2 fully saturated rings. The minimum atomic E-state index is -4.86. The van der Waals surface area contributed by atoms with Crippen molar-refractivity contribution in [1.82, 2.24) is 25.5 Å². The fourth-order valence-corrected chi connectivity index (χ4v) is 8.84. The summed E-state index contributed by atoms with van der Waals surface area (Å²) in [4.78, 5) is 65.7. The number of anilines is 2. The van der Waals surface area contributed by atoms with Gasteiger partial charge in [0.05, 0.1) is 30.3 Å². The number of halogens is 3. The molecule has 19 heteroatoms. The first-order chi connectivity index (χ1) is 33.3. The predicted octanol–water partition coefficient (Wildman–Crippen LogP) is 8.22. The maximum absolute atomic E-state index is 13.9. The van der Waals surface area contributed by atoms with Crippen molar-refractivity contribution in [2.45, 2.75) is 90.6 Å². The Labute approximate surface area is 409 Å². The van der Waals surface area contributed by atoms with Gasteiger partial charge in [-0.2, -0.15) is 18.4 Å². The van der Waals surface area contributed by atoms with E-state index in [0.29, 0.717) is 75.3 Å². The van der Waals surface area contributed by atoms with Gasteiger partial charge in [0.1, 0.15) is 36.0 Å². The fraction of sp³-hybridized carbons (Fsp3) is 0.373. The van der Waals surface area contributed by atoms with Crippen molar-refractivity contribution in [1.29, 1.82) is 5.26 Å². The van der Waals surface area contributed by atoms with Gasteiger partial charge in [0.15, 0.2) is 23.0 Å². The largest absolute Gasteiger partial charge is 0.494 e. The second-order valence-electron chi connectivity index (χ2n) is 18.5. The van der Waals surface area contributed by atoms with Crippen molar-refractivity contribution in [3.63, 3.8) is 0 Å². The normalized spacial score (nSPS) is 16.3. The molecule has 4 heterocycles. The first kappa shape index (κ1) is 50.7. The van der Waals surface area contributed by atoms with E-state index in [1.165, 1.54) is 12.5 Å². The molecule has 70 heavy (non-hydrogen) atoms. The molecule has 0 unspecified atom stereocenters. The van der Waals surface area contributed by atoms with E-state index in [0.717, 1.165) is 33.4 Å². The van der Waals surface area contributed by atoms with Crippen LogP contribution in [0, 0.1) is 16.7 Å². The highest BCUT2D eigenvalue weighted by atomic mass is 32.1. The summed E-state index contributed by atoms with van der Waals surface area (Å²) in [5, 5.41) is 15.0. The van der Waals surface area contributed by atoms with E-state index in [-0.39, 0.29) is 29.2 Å². The highest BCUT2D eigenvalue weighted by Gasteiger charge is 2.51. The van der Waals surface area contributed by atoms with E-state index < -0.39 is 52.3 Å². The summed E-state index contributed by atoms with van der Waals surface area (Å²) in [6, 6.07) is 22.9. The molecular weight excluding hydrogens is 926 g/mol. The number of oxazole rings is 1. The van der Waals surface area contributed by atoms with Gasteiger partial charge < -0.3 is 34.3 Å². The first-order valence-electron chi connectivity index (χ1n) is 22.7. The van der Waals surface area contributed by atoms with E-state index >= 15 is 0 Å². The molecule has 0 spiro atoms. The maximum atomic E-state index is 13.9. The molecule has 0 radical (unpaired) electrons. The maximum Gasteiger partial charge on any atom is 0.419 e.